The fraction of sp³-hybridized carbons (Fsp3) is 0.125. The molecule has 0 aliphatic heterocycles. The Labute approximate surface area is 187 Å². The number of carbonyl (C=O) groups is 1. The molecule has 7 heteroatoms. The predicted molar refractivity (Wildman–Crippen MR) is 129 cm³/mol. The summed E-state index contributed by atoms with van der Waals surface area (Å²) in [6, 6.07) is 25.7. The zero-order chi connectivity index (χ0) is 21.9. The molecule has 0 atom stereocenters. The minimum absolute atomic E-state index is 0.182. The number of anilines is 1. The topological polar surface area (TPSA) is 75.3 Å². The Balaban J connectivity index is 1.44. The van der Waals surface area contributed by atoms with Gasteiger partial charge in [0.1, 0.15) is 0 Å². The summed E-state index contributed by atoms with van der Waals surface area (Å²) in [4.78, 5) is 12.3. The van der Waals surface area contributed by atoms with Gasteiger partial charge in [0.05, 0.1) is 5.41 Å². The van der Waals surface area contributed by atoms with Crippen molar-refractivity contribution in [1.29, 1.82) is 0 Å². The van der Waals surface area contributed by atoms with Crippen molar-refractivity contribution in [3.63, 3.8) is 0 Å². The fourth-order valence-corrected chi connectivity index (χ4v) is 4.41. The Morgan fingerprint density at radius 1 is 0.871 bits per heavy atom. The Kier molecular flexibility index (Phi) is 8.32. The largest absolute Gasteiger partial charge is 0.351 e. The molecule has 0 aromatic heterocycles. The van der Waals surface area contributed by atoms with E-state index in [1.807, 2.05) is 48.5 Å². The molecular formula is C24H24N2O3S2. The van der Waals surface area contributed by atoms with Gasteiger partial charge in [-0.25, -0.2) is 8.42 Å². The first kappa shape index (κ1) is 22.7. The number of carbonyl (C=O) groups excluding carboxylic acids is 1. The zero-order valence-corrected chi connectivity index (χ0v) is 18.5. The van der Waals surface area contributed by atoms with E-state index in [-0.39, 0.29) is 5.91 Å². The highest BCUT2D eigenvalue weighted by atomic mass is 32.2. The Hall–Kier alpha value is -3.03. The minimum Gasteiger partial charge on any atom is -0.351 e. The lowest BCUT2D eigenvalue weighted by atomic mass is 10.2. The summed E-state index contributed by atoms with van der Waals surface area (Å²) >= 11 is 1.76. The van der Waals surface area contributed by atoms with Crippen LogP contribution in [0.15, 0.2) is 90.3 Å². The first-order valence-corrected chi connectivity index (χ1v) is 12.5. The normalized spacial score (nSPS) is 11.4. The number of sulfonamides is 1. The third kappa shape index (κ3) is 7.96. The molecule has 31 heavy (non-hydrogen) atoms. The van der Waals surface area contributed by atoms with Crippen LogP contribution >= 0.6 is 11.8 Å². The van der Waals surface area contributed by atoms with Gasteiger partial charge in [-0.05, 0) is 41.5 Å². The van der Waals surface area contributed by atoms with Crippen LogP contribution in [0.5, 0.6) is 0 Å². The summed E-state index contributed by atoms with van der Waals surface area (Å²) in [5.74, 6) is 1.54. The standard InChI is InChI=1S/C24H24N2O3S2/c27-24(25-16-17-30-19-21-9-5-2-6-10-21)22-11-13-23(14-12-22)26-31(28,29)18-15-20-7-3-1-4-8-20/h1-15,18,26H,16-17,19H2,(H,25,27)/b18-15+. The predicted octanol–water partition coefficient (Wildman–Crippen LogP) is 4.76. The van der Waals surface area contributed by atoms with Gasteiger partial charge in [0.25, 0.3) is 15.9 Å². The van der Waals surface area contributed by atoms with Crippen LogP contribution in [-0.4, -0.2) is 26.6 Å². The number of hydrogen-bond donors (Lipinski definition) is 2. The number of thioether (sulfide) groups is 1. The van der Waals surface area contributed by atoms with Crippen molar-refractivity contribution in [1.82, 2.24) is 5.32 Å². The molecule has 5 nitrogen and oxygen atoms in total. The van der Waals surface area contributed by atoms with E-state index < -0.39 is 10.0 Å². The average Bonchev–Trinajstić information content (AvgIpc) is 2.79. The maximum absolute atomic E-state index is 12.3. The van der Waals surface area contributed by atoms with Crippen molar-refractivity contribution in [2.24, 2.45) is 0 Å². The summed E-state index contributed by atoms with van der Waals surface area (Å²) in [5.41, 5.74) is 2.93. The number of nitrogens with one attached hydrogen (secondary N) is 2. The quantitative estimate of drug-likeness (QED) is 0.435. The number of amides is 1. The summed E-state index contributed by atoms with van der Waals surface area (Å²) in [5, 5.41) is 4.00. The molecule has 0 saturated carbocycles. The molecule has 2 N–H and O–H groups in total. The Morgan fingerprint density at radius 3 is 2.19 bits per heavy atom. The summed E-state index contributed by atoms with van der Waals surface area (Å²) in [7, 11) is -3.64. The third-order valence-electron chi connectivity index (χ3n) is 4.29. The van der Waals surface area contributed by atoms with Crippen molar-refractivity contribution in [2.45, 2.75) is 5.75 Å². The van der Waals surface area contributed by atoms with Crippen LogP contribution in [0.25, 0.3) is 6.08 Å². The fourth-order valence-electron chi connectivity index (χ4n) is 2.72. The van der Waals surface area contributed by atoms with Crippen molar-refractivity contribution in [3.8, 4) is 0 Å². The minimum atomic E-state index is -3.64. The molecular weight excluding hydrogens is 428 g/mol. The van der Waals surface area contributed by atoms with Gasteiger partial charge < -0.3 is 5.32 Å². The molecule has 0 unspecified atom stereocenters. The Bertz CT molecular complexity index is 1100. The highest BCUT2D eigenvalue weighted by molar-refractivity contribution is 7.98. The van der Waals surface area contributed by atoms with Crippen LogP contribution in [0, 0.1) is 0 Å². The van der Waals surface area contributed by atoms with Gasteiger partial charge in [-0.2, -0.15) is 11.8 Å². The third-order valence-corrected chi connectivity index (χ3v) is 6.33. The van der Waals surface area contributed by atoms with E-state index in [0.717, 1.165) is 22.5 Å². The van der Waals surface area contributed by atoms with Crippen LogP contribution in [0.1, 0.15) is 21.5 Å². The van der Waals surface area contributed by atoms with Crippen LogP contribution in [-0.2, 0) is 15.8 Å². The molecule has 0 bridgehead atoms. The lowest BCUT2D eigenvalue weighted by Crippen LogP contribution is -2.25. The van der Waals surface area contributed by atoms with Gasteiger partial charge in [0, 0.05) is 29.3 Å². The van der Waals surface area contributed by atoms with Crippen molar-refractivity contribution in [2.75, 3.05) is 17.0 Å². The summed E-state index contributed by atoms with van der Waals surface area (Å²) in [6.45, 7) is 0.564. The van der Waals surface area contributed by atoms with E-state index in [2.05, 4.69) is 22.2 Å². The lowest BCUT2D eigenvalue weighted by Gasteiger charge is -2.08. The Morgan fingerprint density at radius 2 is 1.52 bits per heavy atom. The number of hydrogen-bond acceptors (Lipinski definition) is 4. The van der Waals surface area contributed by atoms with E-state index in [1.54, 1.807) is 36.0 Å². The second-order valence-corrected chi connectivity index (χ2v) is 9.40. The second kappa shape index (κ2) is 11.4. The molecule has 0 aliphatic carbocycles. The molecule has 0 radical (unpaired) electrons. The van der Waals surface area contributed by atoms with Gasteiger partial charge in [0.2, 0.25) is 0 Å². The SMILES string of the molecule is O=C(NCCSCc1ccccc1)c1ccc(NS(=O)(=O)/C=C/c2ccccc2)cc1. The molecule has 0 saturated heterocycles. The molecule has 1 amide bonds. The molecule has 0 fully saturated rings. The number of rotatable bonds is 10. The van der Waals surface area contributed by atoms with Gasteiger partial charge in [0.15, 0.2) is 0 Å². The average molecular weight is 453 g/mol. The zero-order valence-electron chi connectivity index (χ0n) is 16.9. The van der Waals surface area contributed by atoms with Crippen LogP contribution in [0.4, 0.5) is 5.69 Å². The molecule has 3 rings (SSSR count). The molecule has 0 aliphatic rings. The molecule has 0 spiro atoms. The first-order chi connectivity index (χ1) is 15.0. The van der Waals surface area contributed by atoms with Crippen LogP contribution in [0.3, 0.4) is 0 Å². The van der Waals surface area contributed by atoms with E-state index in [4.69, 9.17) is 0 Å². The van der Waals surface area contributed by atoms with Crippen molar-refractivity contribution < 1.29 is 13.2 Å². The van der Waals surface area contributed by atoms with E-state index >= 15 is 0 Å². The van der Waals surface area contributed by atoms with Crippen LogP contribution < -0.4 is 10.0 Å². The molecule has 3 aromatic rings. The van der Waals surface area contributed by atoms with E-state index in [0.29, 0.717) is 17.8 Å². The molecule has 160 valence electrons. The van der Waals surface area contributed by atoms with Gasteiger partial charge in [-0.15, -0.1) is 0 Å². The second-order valence-electron chi connectivity index (χ2n) is 6.73. The number of benzene rings is 3. The first-order valence-electron chi connectivity index (χ1n) is 9.78. The van der Waals surface area contributed by atoms with Crippen molar-refractivity contribution in [3.05, 3.63) is 107 Å². The van der Waals surface area contributed by atoms with E-state index in [1.165, 1.54) is 11.6 Å². The molecule has 3 aromatic carbocycles. The maximum Gasteiger partial charge on any atom is 0.255 e. The van der Waals surface area contributed by atoms with Gasteiger partial charge >= 0.3 is 0 Å². The lowest BCUT2D eigenvalue weighted by molar-refractivity contribution is 0.0956. The van der Waals surface area contributed by atoms with E-state index in [9.17, 15) is 13.2 Å². The smallest absolute Gasteiger partial charge is 0.255 e. The van der Waals surface area contributed by atoms with Crippen molar-refractivity contribution >= 4 is 39.5 Å². The summed E-state index contributed by atoms with van der Waals surface area (Å²) < 4.78 is 26.9. The molecule has 0 heterocycles. The summed E-state index contributed by atoms with van der Waals surface area (Å²) in [6.07, 6.45) is 1.53. The van der Waals surface area contributed by atoms with Gasteiger partial charge in [-0.3, -0.25) is 9.52 Å². The monoisotopic (exact) mass is 452 g/mol. The van der Waals surface area contributed by atoms with Gasteiger partial charge in [-0.1, -0.05) is 60.7 Å². The highest BCUT2D eigenvalue weighted by Crippen LogP contribution is 2.14. The maximum atomic E-state index is 12.3. The highest BCUT2D eigenvalue weighted by Gasteiger charge is 2.08. The van der Waals surface area contributed by atoms with Crippen LogP contribution in [0.2, 0.25) is 0 Å².